The van der Waals surface area contributed by atoms with Gasteiger partial charge in [0.25, 0.3) is 12.6 Å². The highest BCUT2D eigenvalue weighted by atomic mass is 16.8. The van der Waals surface area contributed by atoms with Gasteiger partial charge in [-0.15, -0.1) is 0 Å². The summed E-state index contributed by atoms with van der Waals surface area (Å²) in [6.07, 6.45) is 21.8. The molecule has 0 N–H and O–H groups in total. The molecule has 0 aromatic heterocycles. The Labute approximate surface area is 458 Å². The Kier molecular flexibility index (Phi) is 28.9. The second kappa shape index (κ2) is 36.7. The van der Waals surface area contributed by atoms with Crippen molar-refractivity contribution in [2.24, 2.45) is 0 Å². The summed E-state index contributed by atoms with van der Waals surface area (Å²) < 4.78 is 55.0. The van der Waals surface area contributed by atoms with Gasteiger partial charge in [0.2, 0.25) is 0 Å². The average molecular weight is 1080 g/mol. The molecule has 4 aromatic carbocycles. The lowest BCUT2D eigenvalue weighted by Gasteiger charge is -2.30. The van der Waals surface area contributed by atoms with Crippen LogP contribution in [0.5, 0.6) is 23.0 Å². The Bertz CT molecular complexity index is 2260. The summed E-state index contributed by atoms with van der Waals surface area (Å²) >= 11 is 0. The summed E-state index contributed by atoms with van der Waals surface area (Å²) in [6.45, 7) is 9.03. The summed E-state index contributed by atoms with van der Waals surface area (Å²) in [5.41, 5.74) is 0.894. The molecule has 0 aliphatic carbocycles. The Morgan fingerprint density at radius 3 is 0.910 bits per heavy atom. The van der Waals surface area contributed by atoms with Crippen molar-refractivity contribution in [2.75, 3.05) is 39.6 Å². The molecule has 16 nitrogen and oxygen atoms in total. The van der Waals surface area contributed by atoms with Crippen LogP contribution in [0.25, 0.3) is 0 Å². The molecule has 0 saturated carbocycles. The summed E-state index contributed by atoms with van der Waals surface area (Å²) in [5.74, 6) is -1.75. The van der Waals surface area contributed by atoms with Crippen LogP contribution in [0.4, 0.5) is 0 Å². The van der Waals surface area contributed by atoms with E-state index in [0.29, 0.717) is 49.1 Å². The summed E-state index contributed by atoms with van der Waals surface area (Å²) in [6, 6.07) is 25.0. The zero-order valence-electron chi connectivity index (χ0n) is 44.9. The van der Waals surface area contributed by atoms with Crippen LogP contribution in [-0.4, -0.2) is 88.0 Å². The van der Waals surface area contributed by atoms with Crippen LogP contribution in [0.3, 0.4) is 0 Å². The minimum atomic E-state index is -1.37. The molecule has 420 valence electrons. The molecule has 0 amide bonds. The highest BCUT2D eigenvalue weighted by molar-refractivity contribution is 5.93. The van der Waals surface area contributed by atoms with E-state index in [2.05, 4.69) is 13.2 Å². The molecule has 0 bridgehead atoms. The number of carbonyl (C=O) groups excluding carboxylic acids is 6. The maximum absolute atomic E-state index is 13.1. The normalized spacial score (nSPS) is 13.8. The van der Waals surface area contributed by atoms with Crippen molar-refractivity contribution in [2.45, 2.75) is 141 Å². The summed E-state index contributed by atoms with van der Waals surface area (Å²) in [5, 5.41) is 0. The third-order valence-corrected chi connectivity index (χ3v) is 12.5. The molecular weight excluding hydrogens is 1000 g/mol. The highest BCUT2D eigenvalue weighted by Crippen LogP contribution is 2.23. The van der Waals surface area contributed by atoms with Gasteiger partial charge in [0, 0.05) is 12.2 Å². The van der Waals surface area contributed by atoms with Crippen molar-refractivity contribution in [1.82, 2.24) is 0 Å². The van der Waals surface area contributed by atoms with E-state index in [1.807, 2.05) is 0 Å². The van der Waals surface area contributed by atoms with E-state index in [4.69, 9.17) is 47.4 Å². The molecule has 4 aromatic rings. The number of rotatable bonds is 38. The number of hydrogen-bond acceptors (Lipinski definition) is 16. The summed E-state index contributed by atoms with van der Waals surface area (Å²) in [7, 11) is 0. The number of hydrogen-bond donors (Lipinski definition) is 0. The molecular formula is C62H76O16. The highest BCUT2D eigenvalue weighted by Gasteiger charge is 2.34. The smallest absolute Gasteiger partial charge is 0.343 e. The van der Waals surface area contributed by atoms with Gasteiger partial charge in [-0.25, -0.2) is 28.8 Å². The Hall–Kier alpha value is -7.30. The van der Waals surface area contributed by atoms with Crippen molar-refractivity contribution in [3.63, 3.8) is 0 Å². The molecule has 1 aliphatic rings. The third-order valence-electron chi connectivity index (χ3n) is 12.5. The predicted octanol–water partition coefficient (Wildman–Crippen LogP) is 12.9. The second-order valence-electron chi connectivity index (χ2n) is 18.7. The van der Waals surface area contributed by atoms with Gasteiger partial charge in [0.1, 0.15) is 23.0 Å². The maximum Gasteiger partial charge on any atom is 0.343 e. The fourth-order valence-corrected chi connectivity index (χ4v) is 8.12. The first kappa shape index (κ1) is 61.6. The standard InChI is InChI=1S/C62H76O16/c1-3-55(63)71-43-23-19-15-11-7-5-9-13-17-21-41-69-51-33-25-47(26-34-51)57(65)75-53-37-29-49(30-38-53)59(67)77-61-62(74-46-45-73-61)78-60(68)50-31-39-54(40-32-50)76-58(66)48-27-35-52(36-28-48)70-42-22-18-14-10-6-8-12-16-20-24-44-72-56(64)4-2/h3-4,25-40,61-62H,1-2,5-24,41-46H2/t61-,62-/m1/s1. The van der Waals surface area contributed by atoms with Crippen molar-refractivity contribution in [3.8, 4) is 23.0 Å². The van der Waals surface area contributed by atoms with Crippen LogP contribution in [0.1, 0.15) is 170 Å². The van der Waals surface area contributed by atoms with E-state index in [-0.39, 0.29) is 47.8 Å². The zero-order chi connectivity index (χ0) is 55.4. The van der Waals surface area contributed by atoms with Gasteiger partial charge in [-0.05, 0) is 123 Å². The SMILES string of the molecule is C=CC(=O)OCCCCCCCCCCCCOc1ccc(C(=O)Oc2ccc(C(=O)O[C@H]3OCCO[C@@H]3OC(=O)c3ccc(OC(=O)c4ccc(OCCCCCCCCCCCCOC(=O)C=C)cc4)cc3)cc2)cc1. The maximum atomic E-state index is 13.1. The molecule has 0 spiro atoms. The van der Waals surface area contributed by atoms with Gasteiger partial charge in [-0.1, -0.05) is 116 Å². The minimum Gasteiger partial charge on any atom is -0.494 e. The molecule has 1 heterocycles. The lowest BCUT2D eigenvalue weighted by molar-refractivity contribution is -0.288. The van der Waals surface area contributed by atoms with Crippen molar-refractivity contribution in [1.29, 1.82) is 0 Å². The first-order chi connectivity index (χ1) is 38.1. The van der Waals surface area contributed by atoms with Crippen LogP contribution >= 0.6 is 0 Å². The topological polar surface area (TPSA) is 195 Å². The number of unbranched alkanes of at least 4 members (excludes halogenated alkanes) is 18. The Balaban J connectivity index is 0.920. The first-order valence-corrected chi connectivity index (χ1v) is 27.5. The van der Waals surface area contributed by atoms with Gasteiger partial charge in [0.15, 0.2) is 0 Å². The van der Waals surface area contributed by atoms with Gasteiger partial charge in [-0.3, -0.25) is 0 Å². The molecule has 0 radical (unpaired) electrons. The number of esters is 6. The van der Waals surface area contributed by atoms with E-state index in [0.717, 1.165) is 77.0 Å². The lowest BCUT2D eigenvalue weighted by Crippen LogP contribution is -2.44. The Morgan fingerprint density at radius 2 is 0.615 bits per heavy atom. The van der Waals surface area contributed by atoms with E-state index in [1.54, 1.807) is 48.5 Å². The first-order valence-electron chi connectivity index (χ1n) is 27.5. The molecule has 1 fully saturated rings. The minimum absolute atomic E-state index is 0.0811. The molecule has 2 atom stereocenters. The van der Waals surface area contributed by atoms with Crippen molar-refractivity contribution >= 4 is 35.8 Å². The van der Waals surface area contributed by atoms with Gasteiger partial charge >= 0.3 is 35.8 Å². The van der Waals surface area contributed by atoms with E-state index in [9.17, 15) is 28.8 Å². The lowest BCUT2D eigenvalue weighted by atomic mass is 10.1. The monoisotopic (exact) mass is 1080 g/mol. The van der Waals surface area contributed by atoms with Crippen LogP contribution < -0.4 is 18.9 Å². The quantitative estimate of drug-likeness (QED) is 0.0135. The molecule has 0 unspecified atom stereocenters. The van der Waals surface area contributed by atoms with E-state index >= 15 is 0 Å². The number of benzene rings is 4. The molecule has 1 saturated heterocycles. The largest absolute Gasteiger partial charge is 0.494 e. The van der Waals surface area contributed by atoms with Gasteiger partial charge in [0.05, 0.1) is 61.9 Å². The van der Waals surface area contributed by atoms with Crippen LogP contribution in [-0.2, 0) is 38.0 Å². The third kappa shape index (κ3) is 24.4. The Morgan fingerprint density at radius 1 is 0.359 bits per heavy atom. The van der Waals surface area contributed by atoms with Crippen LogP contribution in [0.15, 0.2) is 122 Å². The van der Waals surface area contributed by atoms with Crippen LogP contribution in [0.2, 0.25) is 0 Å². The van der Waals surface area contributed by atoms with Crippen LogP contribution in [0, 0.1) is 0 Å². The number of carbonyl (C=O) groups is 6. The van der Waals surface area contributed by atoms with Gasteiger partial charge < -0.3 is 47.4 Å². The van der Waals surface area contributed by atoms with Gasteiger partial charge in [-0.2, -0.15) is 0 Å². The van der Waals surface area contributed by atoms with Crippen molar-refractivity contribution in [3.05, 3.63) is 145 Å². The molecule has 16 heteroatoms. The molecule has 1 aliphatic heterocycles. The fraction of sp³-hybridized carbons (Fsp3) is 0.452. The number of ether oxygens (including phenoxy) is 10. The predicted molar refractivity (Wildman–Crippen MR) is 292 cm³/mol. The molecule has 78 heavy (non-hydrogen) atoms. The van der Waals surface area contributed by atoms with E-state index in [1.165, 1.54) is 112 Å². The molecule has 5 rings (SSSR count). The van der Waals surface area contributed by atoms with Crippen molar-refractivity contribution < 1.29 is 76.1 Å². The average Bonchev–Trinajstić information content (AvgIpc) is 3.46. The van der Waals surface area contributed by atoms with E-state index < -0.39 is 36.5 Å². The fourth-order valence-electron chi connectivity index (χ4n) is 8.12. The zero-order valence-corrected chi connectivity index (χ0v) is 44.9. The summed E-state index contributed by atoms with van der Waals surface area (Å²) in [4.78, 5) is 74.1. The second-order valence-corrected chi connectivity index (χ2v) is 18.7.